The zero-order chi connectivity index (χ0) is 20.5. The quantitative estimate of drug-likeness (QED) is 0.670. The van der Waals surface area contributed by atoms with Gasteiger partial charge in [-0.1, -0.05) is 18.2 Å². The lowest BCUT2D eigenvalue weighted by molar-refractivity contribution is -0.123. The molecule has 5 rings (SSSR count). The van der Waals surface area contributed by atoms with Crippen LogP contribution in [-0.2, 0) is 4.79 Å². The maximum absolute atomic E-state index is 12.6. The fraction of sp³-hybridized carbons (Fsp3) is 0.391. The fourth-order valence-corrected chi connectivity index (χ4v) is 5.30. The second-order valence-corrected chi connectivity index (χ2v) is 9.03. The van der Waals surface area contributed by atoms with Gasteiger partial charge in [0.1, 0.15) is 0 Å². The molecule has 1 fully saturated rings. The van der Waals surface area contributed by atoms with Gasteiger partial charge in [-0.05, 0) is 62.7 Å². The van der Waals surface area contributed by atoms with E-state index in [0.717, 1.165) is 48.5 Å². The zero-order valence-electron chi connectivity index (χ0n) is 17.0. The Morgan fingerprint density at radius 1 is 1.20 bits per heavy atom. The lowest BCUT2D eigenvalue weighted by Crippen LogP contribution is -2.41. The van der Waals surface area contributed by atoms with Crippen molar-refractivity contribution in [3.8, 4) is 11.5 Å². The van der Waals surface area contributed by atoms with Crippen molar-refractivity contribution >= 4 is 27.5 Å². The Morgan fingerprint density at radius 2 is 2.00 bits per heavy atom. The summed E-state index contributed by atoms with van der Waals surface area (Å²) in [5, 5.41) is 4.34. The Bertz CT molecular complexity index is 1030. The first-order valence-corrected chi connectivity index (χ1v) is 11.2. The lowest BCUT2D eigenvalue weighted by Gasteiger charge is -2.30. The number of amides is 1. The number of hydrogen-bond acceptors (Lipinski definition) is 6. The van der Waals surface area contributed by atoms with E-state index in [1.807, 2.05) is 31.2 Å². The van der Waals surface area contributed by atoms with Crippen LogP contribution in [-0.4, -0.2) is 42.2 Å². The van der Waals surface area contributed by atoms with Gasteiger partial charge in [0.25, 0.3) is 0 Å². The number of thiazole rings is 1. The standard InChI is InChI=1S/C23H25N3O3S/c1-15(17-6-7-19-20(12-17)29-14-28-19)24-22(27)13-26-10-8-16(9-11-26)23-25-18-4-2-3-5-21(18)30-23/h2-7,12,15-16H,8-11,13-14H2,1H3,(H,24,27)/t15-/m1/s1. The van der Waals surface area contributed by atoms with Gasteiger partial charge in [-0.3, -0.25) is 9.69 Å². The largest absolute Gasteiger partial charge is 0.454 e. The molecular formula is C23H25N3O3S. The summed E-state index contributed by atoms with van der Waals surface area (Å²) in [5.41, 5.74) is 2.11. The lowest BCUT2D eigenvalue weighted by atomic mass is 9.97. The molecule has 0 saturated carbocycles. The zero-order valence-corrected chi connectivity index (χ0v) is 17.8. The first-order valence-electron chi connectivity index (χ1n) is 10.4. The molecule has 2 aromatic carbocycles. The van der Waals surface area contributed by atoms with E-state index < -0.39 is 0 Å². The third-order valence-electron chi connectivity index (χ3n) is 5.89. The second-order valence-electron chi connectivity index (χ2n) is 7.97. The highest BCUT2D eigenvalue weighted by Crippen LogP contribution is 2.35. The van der Waals surface area contributed by atoms with Gasteiger partial charge in [0.2, 0.25) is 12.7 Å². The molecule has 6 nitrogen and oxygen atoms in total. The molecule has 1 atom stereocenters. The number of carbonyl (C=O) groups excluding carboxylic acids is 1. The Morgan fingerprint density at radius 3 is 2.83 bits per heavy atom. The molecule has 1 amide bonds. The molecule has 156 valence electrons. The molecule has 0 unspecified atom stereocenters. The smallest absolute Gasteiger partial charge is 0.234 e. The topological polar surface area (TPSA) is 63.7 Å². The number of para-hydroxylation sites is 1. The monoisotopic (exact) mass is 423 g/mol. The van der Waals surface area contributed by atoms with Crippen LogP contribution in [0.2, 0.25) is 0 Å². The van der Waals surface area contributed by atoms with Gasteiger partial charge in [0.05, 0.1) is 27.8 Å². The van der Waals surface area contributed by atoms with Gasteiger partial charge in [-0.2, -0.15) is 0 Å². The number of rotatable bonds is 5. The summed E-state index contributed by atoms with van der Waals surface area (Å²) >= 11 is 1.81. The van der Waals surface area contributed by atoms with E-state index in [9.17, 15) is 4.79 Å². The molecule has 0 bridgehead atoms. The molecule has 1 N–H and O–H groups in total. The number of nitrogens with zero attached hydrogens (tertiary/aromatic N) is 2. The van der Waals surface area contributed by atoms with Gasteiger partial charge >= 0.3 is 0 Å². The van der Waals surface area contributed by atoms with Crippen LogP contribution < -0.4 is 14.8 Å². The van der Waals surface area contributed by atoms with Crippen molar-refractivity contribution in [2.24, 2.45) is 0 Å². The number of likely N-dealkylation sites (tertiary alicyclic amines) is 1. The summed E-state index contributed by atoms with van der Waals surface area (Å²) in [5.74, 6) is 2.05. The minimum Gasteiger partial charge on any atom is -0.454 e. The SMILES string of the molecule is C[C@@H](NC(=O)CN1CCC(c2nc3ccccc3s2)CC1)c1ccc2c(c1)OCO2. The highest BCUT2D eigenvalue weighted by molar-refractivity contribution is 7.18. The Hall–Kier alpha value is -2.64. The maximum Gasteiger partial charge on any atom is 0.234 e. The van der Waals surface area contributed by atoms with Gasteiger partial charge in [0, 0.05) is 5.92 Å². The van der Waals surface area contributed by atoms with Crippen LogP contribution in [0.4, 0.5) is 0 Å². The molecule has 0 radical (unpaired) electrons. The molecule has 0 spiro atoms. The summed E-state index contributed by atoms with van der Waals surface area (Å²) in [6.45, 7) is 4.53. The summed E-state index contributed by atoms with van der Waals surface area (Å²) in [6, 6.07) is 14.1. The summed E-state index contributed by atoms with van der Waals surface area (Å²) < 4.78 is 12.0. The van der Waals surface area contributed by atoms with Crippen LogP contribution in [0.5, 0.6) is 11.5 Å². The molecule has 2 aliphatic heterocycles. The van der Waals surface area contributed by atoms with Crippen LogP contribution in [0.15, 0.2) is 42.5 Å². The van der Waals surface area contributed by atoms with Gasteiger partial charge < -0.3 is 14.8 Å². The fourth-order valence-electron chi connectivity index (χ4n) is 4.16. The number of hydrogen-bond donors (Lipinski definition) is 1. The van der Waals surface area contributed by atoms with E-state index in [1.54, 1.807) is 11.3 Å². The van der Waals surface area contributed by atoms with Gasteiger partial charge in [0.15, 0.2) is 11.5 Å². The van der Waals surface area contributed by atoms with Crippen molar-refractivity contribution in [1.82, 2.24) is 15.2 Å². The molecule has 3 aromatic rings. The van der Waals surface area contributed by atoms with Crippen molar-refractivity contribution in [3.05, 3.63) is 53.0 Å². The minimum absolute atomic E-state index is 0.0543. The molecule has 2 aliphatic rings. The summed E-state index contributed by atoms with van der Waals surface area (Å²) in [7, 11) is 0. The Kier molecular flexibility index (Phi) is 5.31. The van der Waals surface area contributed by atoms with Crippen molar-refractivity contribution in [1.29, 1.82) is 0 Å². The molecule has 0 aliphatic carbocycles. The average Bonchev–Trinajstić information content (AvgIpc) is 3.40. The number of aromatic nitrogens is 1. The summed E-state index contributed by atoms with van der Waals surface area (Å²) in [4.78, 5) is 19.6. The maximum atomic E-state index is 12.6. The minimum atomic E-state index is -0.0766. The predicted molar refractivity (Wildman–Crippen MR) is 117 cm³/mol. The van der Waals surface area contributed by atoms with Crippen LogP contribution >= 0.6 is 11.3 Å². The summed E-state index contributed by atoms with van der Waals surface area (Å²) in [6.07, 6.45) is 2.09. The number of ether oxygens (including phenoxy) is 2. The second kappa shape index (κ2) is 8.24. The first kappa shape index (κ1) is 19.3. The number of fused-ring (bicyclic) bond motifs is 2. The Balaban J connectivity index is 1.13. The van der Waals surface area contributed by atoms with E-state index in [-0.39, 0.29) is 18.7 Å². The van der Waals surface area contributed by atoms with E-state index in [2.05, 4.69) is 28.4 Å². The van der Waals surface area contributed by atoms with E-state index in [0.29, 0.717) is 12.5 Å². The predicted octanol–water partition coefficient (Wildman–Crippen LogP) is 4.08. The molecule has 3 heterocycles. The third-order valence-corrected chi connectivity index (χ3v) is 7.09. The molecule has 1 saturated heterocycles. The highest BCUT2D eigenvalue weighted by atomic mass is 32.1. The molecule has 30 heavy (non-hydrogen) atoms. The van der Waals surface area contributed by atoms with E-state index >= 15 is 0 Å². The van der Waals surface area contributed by atoms with Gasteiger partial charge in [-0.15, -0.1) is 11.3 Å². The van der Waals surface area contributed by atoms with Crippen molar-refractivity contribution < 1.29 is 14.3 Å². The van der Waals surface area contributed by atoms with Crippen molar-refractivity contribution in [2.75, 3.05) is 26.4 Å². The number of nitrogens with one attached hydrogen (secondary N) is 1. The van der Waals surface area contributed by atoms with E-state index in [1.165, 1.54) is 9.71 Å². The number of benzene rings is 2. The average molecular weight is 424 g/mol. The molecule has 1 aromatic heterocycles. The number of piperidine rings is 1. The van der Waals surface area contributed by atoms with Crippen LogP contribution in [0.1, 0.15) is 42.3 Å². The van der Waals surface area contributed by atoms with Crippen LogP contribution in [0.3, 0.4) is 0 Å². The Labute approximate surface area is 179 Å². The van der Waals surface area contributed by atoms with E-state index in [4.69, 9.17) is 14.5 Å². The normalized spacial score (nSPS) is 17.9. The molecular weight excluding hydrogens is 398 g/mol. The molecule has 7 heteroatoms. The third kappa shape index (κ3) is 4.00. The van der Waals surface area contributed by atoms with Crippen molar-refractivity contribution in [3.63, 3.8) is 0 Å². The first-order chi connectivity index (χ1) is 14.7. The van der Waals surface area contributed by atoms with Gasteiger partial charge in [-0.25, -0.2) is 4.98 Å². The number of carbonyl (C=O) groups is 1. The van der Waals surface area contributed by atoms with Crippen LogP contribution in [0.25, 0.3) is 10.2 Å². The highest BCUT2D eigenvalue weighted by Gasteiger charge is 2.25. The van der Waals surface area contributed by atoms with Crippen LogP contribution in [0, 0.1) is 0 Å². The van der Waals surface area contributed by atoms with Crippen molar-refractivity contribution in [2.45, 2.75) is 31.7 Å².